The third-order valence-electron chi connectivity index (χ3n) is 1.90. The fourth-order valence-corrected chi connectivity index (χ4v) is 1.06. The van der Waals surface area contributed by atoms with Gasteiger partial charge in [-0.3, -0.25) is 0 Å². The highest BCUT2D eigenvalue weighted by Gasteiger charge is 2.11. The number of nitrogens with two attached hydrogens (primary N) is 1. The molecular formula is C9H20N2O3. The van der Waals surface area contributed by atoms with E-state index in [0.29, 0.717) is 25.7 Å². The van der Waals surface area contributed by atoms with Crippen LogP contribution in [0, 0.1) is 5.92 Å². The summed E-state index contributed by atoms with van der Waals surface area (Å²) in [7, 11) is 1.66. The van der Waals surface area contributed by atoms with Crippen LogP contribution in [0.5, 0.6) is 0 Å². The number of hydrogen-bond acceptors (Lipinski definition) is 4. The molecule has 0 saturated carbocycles. The van der Waals surface area contributed by atoms with E-state index in [0.717, 1.165) is 0 Å². The first-order valence-corrected chi connectivity index (χ1v) is 4.72. The molecule has 0 radical (unpaired) electrons. The summed E-state index contributed by atoms with van der Waals surface area (Å²) in [4.78, 5) is 10.3. The Morgan fingerprint density at radius 1 is 1.50 bits per heavy atom. The SMILES string of the molecule is COCC(NCCOC(N)=O)C(C)C. The minimum absolute atomic E-state index is 0.275. The summed E-state index contributed by atoms with van der Waals surface area (Å²) < 4.78 is 9.63. The van der Waals surface area contributed by atoms with Gasteiger partial charge in [-0.25, -0.2) is 4.79 Å². The molecule has 1 atom stereocenters. The van der Waals surface area contributed by atoms with Gasteiger partial charge in [-0.2, -0.15) is 0 Å². The molecule has 5 nitrogen and oxygen atoms in total. The number of hydrogen-bond donors (Lipinski definition) is 2. The Morgan fingerprint density at radius 2 is 2.14 bits per heavy atom. The van der Waals surface area contributed by atoms with Crippen molar-refractivity contribution < 1.29 is 14.3 Å². The quantitative estimate of drug-likeness (QED) is 0.587. The number of primary amides is 1. The third-order valence-corrected chi connectivity index (χ3v) is 1.90. The maximum absolute atomic E-state index is 10.3. The minimum Gasteiger partial charge on any atom is -0.448 e. The lowest BCUT2D eigenvalue weighted by Crippen LogP contribution is -2.39. The first-order valence-electron chi connectivity index (χ1n) is 4.72. The van der Waals surface area contributed by atoms with Crippen LogP contribution >= 0.6 is 0 Å². The summed E-state index contributed by atoms with van der Waals surface area (Å²) in [5.74, 6) is 0.475. The number of rotatable bonds is 7. The van der Waals surface area contributed by atoms with Crippen molar-refractivity contribution in [2.24, 2.45) is 11.7 Å². The molecule has 84 valence electrons. The number of carbonyl (C=O) groups excluding carboxylic acids is 1. The van der Waals surface area contributed by atoms with Crippen molar-refractivity contribution in [3.05, 3.63) is 0 Å². The molecule has 0 rings (SSSR count). The van der Waals surface area contributed by atoms with Crippen molar-refractivity contribution in [3.63, 3.8) is 0 Å². The highest BCUT2D eigenvalue weighted by Crippen LogP contribution is 2.00. The van der Waals surface area contributed by atoms with Gasteiger partial charge in [-0.15, -0.1) is 0 Å². The zero-order valence-electron chi connectivity index (χ0n) is 9.08. The maximum Gasteiger partial charge on any atom is 0.404 e. The minimum atomic E-state index is -0.736. The van der Waals surface area contributed by atoms with E-state index in [9.17, 15) is 4.79 Å². The Hall–Kier alpha value is -0.810. The van der Waals surface area contributed by atoms with Gasteiger partial charge >= 0.3 is 6.09 Å². The molecule has 0 aromatic carbocycles. The molecule has 0 aliphatic heterocycles. The smallest absolute Gasteiger partial charge is 0.404 e. The normalized spacial score (nSPS) is 12.9. The van der Waals surface area contributed by atoms with Crippen LogP contribution in [-0.2, 0) is 9.47 Å². The van der Waals surface area contributed by atoms with Gasteiger partial charge in [0.15, 0.2) is 0 Å². The number of ether oxygens (including phenoxy) is 2. The standard InChI is InChI=1S/C9H20N2O3/c1-7(2)8(6-13-3)11-4-5-14-9(10)12/h7-8,11H,4-6H2,1-3H3,(H2,10,12). The van der Waals surface area contributed by atoms with Gasteiger partial charge in [-0.1, -0.05) is 13.8 Å². The van der Waals surface area contributed by atoms with E-state index in [1.165, 1.54) is 0 Å². The number of carbonyl (C=O) groups is 1. The molecule has 0 aliphatic rings. The second-order valence-electron chi connectivity index (χ2n) is 3.43. The van der Waals surface area contributed by atoms with Crippen LogP contribution in [-0.4, -0.2) is 39.0 Å². The molecule has 0 aliphatic carbocycles. The van der Waals surface area contributed by atoms with E-state index in [2.05, 4.69) is 23.9 Å². The van der Waals surface area contributed by atoms with Crippen LogP contribution in [0.2, 0.25) is 0 Å². The second-order valence-corrected chi connectivity index (χ2v) is 3.43. The zero-order valence-corrected chi connectivity index (χ0v) is 9.08. The van der Waals surface area contributed by atoms with Crippen molar-refractivity contribution >= 4 is 6.09 Å². The summed E-state index contributed by atoms with van der Waals surface area (Å²) in [6, 6.07) is 0.275. The molecule has 0 aromatic heterocycles. The van der Waals surface area contributed by atoms with Crippen molar-refractivity contribution in [1.82, 2.24) is 5.32 Å². The van der Waals surface area contributed by atoms with E-state index in [1.807, 2.05) is 0 Å². The first kappa shape index (κ1) is 13.2. The summed E-state index contributed by atoms with van der Waals surface area (Å²) in [5, 5.41) is 3.22. The van der Waals surface area contributed by atoms with Gasteiger partial charge in [-0.05, 0) is 5.92 Å². The third kappa shape index (κ3) is 6.68. The Labute approximate surface area is 84.9 Å². The molecule has 1 amide bonds. The van der Waals surface area contributed by atoms with E-state index >= 15 is 0 Å². The van der Waals surface area contributed by atoms with Gasteiger partial charge in [0.2, 0.25) is 0 Å². The lowest BCUT2D eigenvalue weighted by Gasteiger charge is -2.21. The fraction of sp³-hybridized carbons (Fsp3) is 0.889. The van der Waals surface area contributed by atoms with Gasteiger partial charge in [0.25, 0.3) is 0 Å². The van der Waals surface area contributed by atoms with Crippen LogP contribution in [0.25, 0.3) is 0 Å². The molecule has 5 heteroatoms. The Balaban J connectivity index is 3.55. The van der Waals surface area contributed by atoms with E-state index in [1.54, 1.807) is 7.11 Å². The van der Waals surface area contributed by atoms with Crippen LogP contribution in [0.15, 0.2) is 0 Å². The molecule has 0 bridgehead atoms. The van der Waals surface area contributed by atoms with Crippen LogP contribution < -0.4 is 11.1 Å². The molecular weight excluding hydrogens is 184 g/mol. The number of methoxy groups -OCH3 is 1. The highest BCUT2D eigenvalue weighted by molar-refractivity contribution is 5.64. The van der Waals surface area contributed by atoms with Gasteiger partial charge in [0.1, 0.15) is 6.61 Å². The molecule has 0 fully saturated rings. The average molecular weight is 204 g/mol. The van der Waals surface area contributed by atoms with E-state index in [4.69, 9.17) is 10.5 Å². The first-order chi connectivity index (χ1) is 6.57. The monoisotopic (exact) mass is 204 g/mol. The summed E-state index contributed by atoms with van der Waals surface area (Å²) in [5.41, 5.74) is 4.81. The van der Waals surface area contributed by atoms with E-state index < -0.39 is 6.09 Å². The van der Waals surface area contributed by atoms with Gasteiger partial charge < -0.3 is 20.5 Å². The maximum atomic E-state index is 10.3. The fourth-order valence-electron chi connectivity index (χ4n) is 1.06. The van der Waals surface area contributed by atoms with Crippen molar-refractivity contribution in [1.29, 1.82) is 0 Å². The Morgan fingerprint density at radius 3 is 2.57 bits per heavy atom. The van der Waals surface area contributed by atoms with Gasteiger partial charge in [0, 0.05) is 19.7 Å². The topological polar surface area (TPSA) is 73.6 Å². The number of amides is 1. The summed E-state index contributed by atoms with van der Waals surface area (Å²) in [6.45, 7) is 5.74. The van der Waals surface area contributed by atoms with Crippen LogP contribution in [0.1, 0.15) is 13.8 Å². The zero-order chi connectivity index (χ0) is 11.0. The Bertz CT molecular complexity index is 162. The molecule has 0 spiro atoms. The molecule has 1 unspecified atom stereocenters. The van der Waals surface area contributed by atoms with Gasteiger partial charge in [0.05, 0.1) is 6.61 Å². The number of nitrogens with one attached hydrogen (secondary N) is 1. The largest absolute Gasteiger partial charge is 0.448 e. The van der Waals surface area contributed by atoms with Crippen LogP contribution in [0.4, 0.5) is 4.79 Å². The molecule has 0 saturated heterocycles. The van der Waals surface area contributed by atoms with Crippen molar-refractivity contribution in [2.45, 2.75) is 19.9 Å². The van der Waals surface area contributed by atoms with Crippen molar-refractivity contribution in [2.75, 3.05) is 26.9 Å². The average Bonchev–Trinajstić information content (AvgIpc) is 2.09. The highest BCUT2D eigenvalue weighted by atomic mass is 16.5. The molecule has 14 heavy (non-hydrogen) atoms. The molecule has 0 heterocycles. The Kier molecular flexibility index (Phi) is 7.14. The predicted molar refractivity (Wildman–Crippen MR) is 54.0 cm³/mol. The second kappa shape index (κ2) is 7.58. The summed E-state index contributed by atoms with van der Waals surface area (Å²) in [6.07, 6.45) is -0.736. The van der Waals surface area contributed by atoms with Crippen LogP contribution in [0.3, 0.4) is 0 Å². The predicted octanol–water partition coefficient (Wildman–Crippen LogP) is 0.342. The summed E-state index contributed by atoms with van der Waals surface area (Å²) >= 11 is 0. The molecule has 3 N–H and O–H groups in total. The van der Waals surface area contributed by atoms with Crippen molar-refractivity contribution in [3.8, 4) is 0 Å². The lowest BCUT2D eigenvalue weighted by molar-refractivity contribution is 0.133. The van der Waals surface area contributed by atoms with E-state index in [-0.39, 0.29) is 6.04 Å². The lowest BCUT2D eigenvalue weighted by atomic mass is 10.1. The molecule has 0 aromatic rings.